The molecular formula is C17H30N2O4. The minimum atomic E-state index is -0.849. The minimum Gasteiger partial charge on any atom is -0.388 e. The molecular weight excluding hydrogens is 296 g/mol. The summed E-state index contributed by atoms with van der Waals surface area (Å²) in [5, 5.41) is 26.3. The van der Waals surface area contributed by atoms with E-state index in [0.29, 0.717) is 25.7 Å². The lowest BCUT2D eigenvalue weighted by Gasteiger charge is -2.31. The fraction of sp³-hybridized carbons (Fsp3) is 0.882. The predicted octanol–water partition coefficient (Wildman–Crippen LogP) is 0.996. The average molecular weight is 326 g/mol. The van der Waals surface area contributed by atoms with Crippen LogP contribution in [0.15, 0.2) is 0 Å². The fourth-order valence-corrected chi connectivity index (χ4v) is 3.84. The highest BCUT2D eigenvalue weighted by molar-refractivity contribution is 5.97. The molecule has 2 rings (SSSR count). The second-order valence-electron chi connectivity index (χ2n) is 7.38. The van der Waals surface area contributed by atoms with Crippen molar-refractivity contribution in [2.45, 2.75) is 94.9 Å². The monoisotopic (exact) mass is 326 g/mol. The highest BCUT2D eigenvalue weighted by Gasteiger charge is 2.39. The van der Waals surface area contributed by atoms with E-state index in [1.54, 1.807) is 13.8 Å². The molecule has 23 heavy (non-hydrogen) atoms. The predicted molar refractivity (Wildman–Crippen MR) is 86.7 cm³/mol. The van der Waals surface area contributed by atoms with Crippen LogP contribution in [0.5, 0.6) is 0 Å². The van der Waals surface area contributed by atoms with Gasteiger partial charge in [-0.1, -0.05) is 25.7 Å². The topological polar surface area (TPSA) is 98.7 Å². The SMILES string of the molecule is CC(NC(=O)CC(=O)NC(C)C1(O)CCCC1)C1(O)CCCC1. The summed E-state index contributed by atoms with van der Waals surface area (Å²) in [4.78, 5) is 24.0. The zero-order chi connectivity index (χ0) is 17.1. The van der Waals surface area contributed by atoms with Crippen LogP contribution < -0.4 is 10.6 Å². The molecule has 0 aliphatic heterocycles. The van der Waals surface area contributed by atoms with Crippen molar-refractivity contribution >= 4 is 11.8 Å². The van der Waals surface area contributed by atoms with Crippen LogP contribution in [0.3, 0.4) is 0 Å². The highest BCUT2D eigenvalue weighted by atomic mass is 16.3. The molecule has 2 unspecified atom stereocenters. The maximum absolute atomic E-state index is 12.0. The Hall–Kier alpha value is -1.14. The number of aliphatic hydroxyl groups is 2. The zero-order valence-corrected chi connectivity index (χ0v) is 14.2. The second kappa shape index (κ2) is 7.18. The number of hydrogen-bond acceptors (Lipinski definition) is 4. The van der Waals surface area contributed by atoms with Crippen molar-refractivity contribution in [3.05, 3.63) is 0 Å². The van der Waals surface area contributed by atoms with Crippen LogP contribution in [-0.4, -0.2) is 45.3 Å². The first-order valence-electron chi connectivity index (χ1n) is 8.79. The van der Waals surface area contributed by atoms with Crippen LogP contribution in [-0.2, 0) is 9.59 Å². The lowest BCUT2D eigenvalue weighted by Crippen LogP contribution is -2.52. The third kappa shape index (κ3) is 4.44. The Morgan fingerprint density at radius 3 is 1.43 bits per heavy atom. The van der Waals surface area contributed by atoms with Gasteiger partial charge in [0.2, 0.25) is 11.8 Å². The van der Waals surface area contributed by atoms with E-state index in [1.165, 1.54) is 0 Å². The third-order valence-corrected chi connectivity index (χ3v) is 5.63. The third-order valence-electron chi connectivity index (χ3n) is 5.63. The average Bonchev–Trinajstić information content (AvgIpc) is 3.09. The Bertz CT molecular complexity index is 400. The molecule has 2 aliphatic rings. The Kier molecular flexibility index (Phi) is 5.68. The molecule has 0 radical (unpaired) electrons. The second-order valence-corrected chi connectivity index (χ2v) is 7.38. The van der Waals surface area contributed by atoms with Gasteiger partial charge in [0.1, 0.15) is 6.42 Å². The molecule has 0 aromatic carbocycles. The molecule has 132 valence electrons. The van der Waals surface area contributed by atoms with Gasteiger partial charge in [0.15, 0.2) is 0 Å². The van der Waals surface area contributed by atoms with Crippen molar-refractivity contribution < 1.29 is 19.8 Å². The number of hydrogen-bond donors (Lipinski definition) is 4. The molecule has 2 atom stereocenters. The van der Waals surface area contributed by atoms with E-state index in [9.17, 15) is 19.8 Å². The summed E-state index contributed by atoms with van der Waals surface area (Å²) in [6, 6.07) is -0.719. The summed E-state index contributed by atoms with van der Waals surface area (Å²) in [5.41, 5.74) is -1.70. The molecule has 0 aromatic heterocycles. The first-order valence-corrected chi connectivity index (χ1v) is 8.79. The maximum Gasteiger partial charge on any atom is 0.229 e. The van der Waals surface area contributed by atoms with Gasteiger partial charge in [0.05, 0.1) is 23.3 Å². The molecule has 2 aliphatic carbocycles. The molecule has 0 saturated heterocycles. The highest BCUT2D eigenvalue weighted by Crippen LogP contribution is 2.33. The van der Waals surface area contributed by atoms with Crippen LogP contribution in [0, 0.1) is 0 Å². The maximum atomic E-state index is 12.0. The molecule has 4 N–H and O–H groups in total. The van der Waals surface area contributed by atoms with Crippen LogP contribution in [0.4, 0.5) is 0 Å². The van der Waals surface area contributed by atoms with Crippen molar-refractivity contribution in [1.29, 1.82) is 0 Å². The molecule has 0 heterocycles. The number of carbonyl (C=O) groups excluding carboxylic acids is 2. The van der Waals surface area contributed by atoms with Gasteiger partial charge >= 0.3 is 0 Å². The van der Waals surface area contributed by atoms with Crippen LogP contribution in [0.25, 0.3) is 0 Å². The van der Waals surface area contributed by atoms with Crippen molar-refractivity contribution in [3.8, 4) is 0 Å². The van der Waals surface area contributed by atoms with E-state index in [1.807, 2.05) is 0 Å². The molecule has 6 nitrogen and oxygen atoms in total. The van der Waals surface area contributed by atoms with E-state index in [-0.39, 0.29) is 30.3 Å². The summed E-state index contributed by atoms with van der Waals surface area (Å²) in [6.45, 7) is 3.57. The summed E-state index contributed by atoms with van der Waals surface area (Å²) in [5.74, 6) is -0.776. The Morgan fingerprint density at radius 1 is 0.826 bits per heavy atom. The van der Waals surface area contributed by atoms with Crippen LogP contribution in [0.1, 0.15) is 71.6 Å². The standard InChI is InChI=1S/C17H30N2O4/c1-12(16(22)7-3-4-8-16)18-14(20)11-15(21)19-13(2)17(23)9-5-6-10-17/h12-13,22-23H,3-11H2,1-2H3,(H,18,20)(H,19,21). The van der Waals surface area contributed by atoms with Gasteiger partial charge in [-0.3, -0.25) is 9.59 Å². The summed E-state index contributed by atoms with van der Waals surface area (Å²) >= 11 is 0. The molecule has 2 saturated carbocycles. The van der Waals surface area contributed by atoms with Gasteiger partial charge in [0.25, 0.3) is 0 Å². The number of amides is 2. The molecule has 0 spiro atoms. The largest absolute Gasteiger partial charge is 0.388 e. The summed E-state index contributed by atoms with van der Waals surface area (Å²) in [7, 11) is 0. The fourth-order valence-electron chi connectivity index (χ4n) is 3.84. The smallest absolute Gasteiger partial charge is 0.229 e. The van der Waals surface area contributed by atoms with E-state index >= 15 is 0 Å². The van der Waals surface area contributed by atoms with Gasteiger partial charge in [-0.15, -0.1) is 0 Å². The summed E-state index contributed by atoms with van der Waals surface area (Å²) < 4.78 is 0. The van der Waals surface area contributed by atoms with Gasteiger partial charge in [-0.05, 0) is 39.5 Å². The van der Waals surface area contributed by atoms with E-state index < -0.39 is 11.2 Å². The molecule has 2 amide bonds. The zero-order valence-electron chi connectivity index (χ0n) is 14.2. The van der Waals surface area contributed by atoms with Gasteiger partial charge < -0.3 is 20.8 Å². The van der Waals surface area contributed by atoms with Crippen LogP contribution in [0.2, 0.25) is 0 Å². The van der Waals surface area contributed by atoms with Gasteiger partial charge in [-0.2, -0.15) is 0 Å². The molecule has 0 aromatic rings. The normalized spacial score (nSPS) is 24.9. The van der Waals surface area contributed by atoms with Crippen molar-refractivity contribution in [1.82, 2.24) is 10.6 Å². The number of rotatable bonds is 6. The van der Waals surface area contributed by atoms with Crippen molar-refractivity contribution in [3.63, 3.8) is 0 Å². The van der Waals surface area contributed by atoms with Gasteiger partial charge in [-0.25, -0.2) is 0 Å². The molecule has 6 heteroatoms. The Labute approximate surface area is 138 Å². The van der Waals surface area contributed by atoms with E-state index in [0.717, 1.165) is 25.7 Å². The quantitative estimate of drug-likeness (QED) is 0.547. The molecule has 0 bridgehead atoms. The van der Waals surface area contributed by atoms with Crippen molar-refractivity contribution in [2.75, 3.05) is 0 Å². The van der Waals surface area contributed by atoms with Crippen LogP contribution >= 0.6 is 0 Å². The van der Waals surface area contributed by atoms with E-state index in [2.05, 4.69) is 10.6 Å². The lowest BCUT2D eigenvalue weighted by molar-refractivity contribution is -0.132. The minimum absolute atomic E-state index is 0.277. The first-order chi connectivity index (χ1) is 10.8. The Balaban J connectivity index is 1.77. The molecule has 2 fully saturated rings. The summed E-state index contributed by atoms with van der Waals surface area (Å²) in [6.07, 6.45) is 6.33. The van der Waals surface area contributed by atoms with Gasteiger partial charge in [0, 0.05) is 0 Å². The number of nitrogens with one attached hydrogen (secondary N) is 2. The Morgan fingerprint density at radius 2 is 1.13 bits per heavy atom. The van der Waals surface area contributed by atoms with E-state index in [4.69, 9.17) is 0 Å². The van der Waals surface area contributed by atoms with Crippen molar-refractivity contribution in [2.24, 2.45) is 0 Å². The first kappa shape index (κ1) is 18.2. The number of carbonyl (C=O) groups is 2. The lowest BCUT2D eigenvalue weighted by atomic mass is 9.93.